The fraction of sp³-hybridized carbons (Fsp3) is 0.375. The van der Waals surface area contributed by atoms with E-state index < -0.39 is 11.9 Å². The van der Waals surface area contributed by atoms with Crippen LogP contribution in [-0.2, 0) is 4.79 Å². The van der Waals surface area contributed by atoms with E-state index in [0.717, 1.165) is 0 Å². The van der Waals surface area contributed by atoms with Gasteiger partial charge in [-0.3, -0.25) is 9.59 Å². The molecule has 2 N–H and O–H groups in total. The van der Waals surface area contributed by atoms with Gasteiger partial charge in [-0.1, -0.05) is 13.8 Å². The normalized spacial score (nSPS) is 15.2. The molecule has 7 nitrogen and oxygen atoms in total. The van der Waals surface area contributed by atoms with Crippen molar-refractivity contribution in [2.75, 3.05) is 13.1 Å². The van der Waals surface area contributed by atoms with Gasteiger partial charge in [0, 0.05) is 25.9 Å². The molecular formula is C24H26FN3O4. The minimum atomic E-state index is -0.757. The quantitative estimate of drug-likeness (QED) is 0.719. The standard InChI is InChI=1S/C24H26FN3O4/c1-15(2)22(27-23(30)20-8-3-16(14-26)13-21(20)29)24(31)28-11-9-19(10-12-28)32-18-6-4-17(25)5-7-18/h3-8,13,15,19,22,29H,9-12H2,1-2H3,(H,27,30)/t22-/m0/s1. The second kappa shape index (κ2) is 10.1. The zero-order valence-electron chi connectivity index (χ0n) is 18.0. The summed E-state index contributed by atoms with van der Waals surface area (Å²) in [6, 6.07) is 11.0. The molecule has 3 rings (SSSR count). The number of rotatable bonds is 6. The smallest absolute Gasteiger partial charge is 0.255 e. The molecular weight excluding hydrogens is 413 g/mol. The van der Waals surface area contributed by atoms with Crippen molar-refractivity contribution in [3.8, 4) is 17.6 Å². The van der Waals surface area contributed by atoms with Gasteiger partial charge < -0.3 is 20.1 Å². The first kappa shape index (κ1) is 23.1. The highest BCUT2D eigenvalue weighted by Gasteiger charge is 2.32. The first-order valence-corrected chi connectivity index (χ1v) is 10.5. The zero-order valence-corrected chi connectivity index (χ0v) is 18.0. The number of piperidine rings is 1. The highest BCUT2D eigenvalue weighted by Crippen LogP contribution is 2.22. The van der Waals surface area contributed by atoms with Crippen molar-refractivity contribution in [1.82, 2.24) is 10.2 Å². The molecule has 32 heavy (non-hydrogen) atoms. The summed E-state index contributed by atoms with van der Waals surface area (Å²) >= 11 is 0. The van der Waals surface area contributed by atoms with E-state index >= 15 is 0 Å². The van der Waals surface area contributed by atoms with Crippen LogP contribution in [0.15, 0.2) is 42.5 Å². The van der Waals surface area contributed by atoms with Crippen LogP contribution in [0.2, 0.25) is 0 Å². The topological polar surface area (TPSA) is 103 Å². The lowest BCUT2D eigenvalue weighted by atomic mass is 9.99. The Kier molecular flexibility index (Phi) is 7.31. The average molecular weight is 439 g/mol. The molecule has 8 heteroatoms. The third-order valence-corrected chi connectivity index (χ3v) is 5.46. The fourth-order valence-electron chi connectivity index (χ4n) is 3.62. The van der Waals surface area contributed by atoms with Gasteiger partial charge in [-0.25, -0.2) is 4.39 Å². The van der Waals surface area contributed by atoms with Crippen molar-refractivity contribution >= 4 is 11.8 Å². The number of halogens is 1. The number of likely N-dealkylation sites (tertiary alicyclic amines) is 1. The number of carbonyl (C=O) groups is 2. The van der Waals surface area contributed by atoms with E-state index in [-0.39, 0.29) is 40.6 Å². The molecule has 1 saturated heterocycles. The SMILES string of the molecule is CC(C)[C@H](NC(=O)c1ccc(C#N)cc1O)C(=O)N1CCC(Oc2ccc(F)cc2)CC1. The van der Waals surface area contributed by atoms with E-state index in [4.69, 9.17) is 10.00 Å². The summed E-state index contributed by atoms with van der Waals surface area (Å²) in [5.74, 6) is -0.981. The largest absolute Gasteiger partial charge is 0.507 e. The first-order chi connectivity index (χ1) is 15.3. The molecule has 0 spiro atoms. The maximum Gasteiger partial charge on any atom is 0.255 e. The average Bonchev–Trinajstić information content (AvgIpc) is 2.78. The lowest BCUT2D eigenvalue weighted by molar-refractivity contribution is -0.136. The molecule has 1 atom stereocenters. The van der Waals surface area contributed by atoms with E-state index in [1.807, 2.05) is 19.9 Å². The predicted molar refractivity (Wildman–Crippen MR) is 116 cm³/mol. The molecule has 0 unspecified atom stereocenters. The number of phenols is 1. The molecule has 1 fully saturated rings. The van der Waals surface area contributed by atoms with Crippen molar-refractivity contribution in [3.05, 3.63) is 59.4 Å². The van der Waals surface area contributed by atoms with Crippen LogP contribution in [0.5, 0.6) is 11.5 Å². The Hall–Kier alpha value is -3.60. The fourth-order valence-corrected chi connectivity index (χ4v) is 3.62. The molecule has 168 valence electrons. The number of hydrogen-bond acceptors (Lipinski definition) is 5. The van der Waals surface area contributed by atoms with Crippen molar-refractivity contribution in [1.29, 1.82) is 5.26 Å². The second-order valence-corrected chi connectivity index (χ2v) is 8.14. The number of aromatic hydroxyl groups is 1. The van der Waals surface area contributed by atoms with Gasteiger partial charge in [0.05, 0.1) is 17.2 Å². The van der Waals surface area contributed by atoms with Crippen molar-refractivity contribution in [2.24, 2.45) is 5.92 Å². The summed E-state index contributed by atoms with van der Waals surface area (Å²) in [7, 11) is 0. The number of ether oxygens (including phenoxy) is 1. The first-order valence-electron chi connectivity index (χ1n) is 10.5. The van der Waals surface area contributed by atoms with Crippen LogP contribution in [0.3, 0.4) is 0 Å². The molecule has 0 aliphatic carbocycles. The van der Waals surface area contributed by atoms with E-state index in [2.05, 4.69) is 5.32 Å². The van der Waals surface area contributed by atoms with Gasteiger partial charge >= 0.3 is 0 Å². The molecule has 1 aliphatic heterocycles. The maximum absolute atomic E-state index is 13.1. The summed E-state index contributed by atoms with van der Waals surface area (Å²) in [6.07, 6.45) is 1.17. The lowest BCUT2D eigenvalue weighted by Crippen LogP contribution is -2.53. The van der Waals surface area contributed by atoms with Crippen molar-refractivity contribution in [3.63, 3.8) is 0 Å². The third kappa shape index (κ3) is 5.55. The van der Waals surface area contributed by atoms with Crippen LogP contribution >= 0.6 is 0 Å². The molecule has 2 aromatic carbocycles. The Labute approximate surface area is 186 Å². The van der Waals surface area contributed by atoms with Crippen molar-refractivity contribution in [2.45, 2.75) is 38.8 Å². The molecule has 0 radical (unpaired) electrons. The number of amides is 2. The van der Waals surface area contributed by atoms with Crippen LogP contribution in [0.1, 0.15) is 42.6 Å². The highest BCUT2D eigenvalue weighted by atomic mass is 19.1. The molecule has 0 saturated carbocycles. The second-order valence-electron chi connectivity index (χ2n) is 8.14. The van der Waals surface area contributed by atoms with Gasteiger partial charge in [-0.2, -0.15) is 5.26 Å². The number of nitriles is 1. The summed E-state index contributed by atoms with van der Waals surface area (Å²) in [4.78, 5) is 27.5. The Morgan fingerprint density at radius 3 is 2.41 bits per heavy atom. The van der Waals surface area contributed by atoms with Gasteiger partial charge in [0.15, 0.2) is 0 Å². The summed E-state index contributed by atoms with van der Waals surface area (Å²) in [5.41, 5.74) is 0.245. The lowest BCUT2D eigenvalue weighted by Gasteiger charge is -2.35. The highest BCUT2D eigenvalue weighted by molar-refractivity contribution is 5.99. The Morgan fingerprint density at radius 1 is 1.19 bits per heavy atom. The van der Waals surface area contributed by atoms with E-state index in [9.17, 15) is 19.1 Å². The van der Waals surface area contributed by atoms with Crippen LogP contribution < -0.4 is 10.1 Å². The molecule has 1 heterocycles. The van der Waals surface area contributed by atoms with Crippen LogP contribution in [0.25, 0.3) is 0 Å². The van der Waals surface area contributed by atoms with Crippen LogP contribution in [0.4, 0.5) is 4.39 Å². The number of nitrogens with one attached hydrogen (secondary N) is 1. The Bertz CT molecular complexity index is 1010. The Balaban J connectivity index is 1.60. The maximum atomic E-state index is 13.1. The Morgan fingerprint density at radius 2 is 1.84 bits per heavy atom. The van der Waals surface area contributed by atoms with Gasteiger partial charge in [0.1, 0.15) is 29.5 Å². The zero-order chi connectivity index (χ0) is 23.3. The monoisotopic (exact) mass is 439 g/mol. The third-order valence-electron chi connectivity index (χ3n) is 5.46. The number of benzene rings is 2. The number of hydrogen-bond donors (Lipinski definition) is 2. The summed E-state index contributed by atoms with van der Waals surface area (Å²) < 4.78 is 18.9. The molecule has 1 aliphatic rings. The van der Waals surface area contributed by atoms with Crippen LogP contribution in [0, 0.1) is 23.1 Å². The summed E-state index contributed by atoms with van der Waals surface area (Å²) in [6.45, 7) is 4.63. The van der Waals surface area contributed by atoms with Gasteiger partial charge in [-0.15, -0.1) is 0 Å². The van der Waals surface area contributed by atoms with E-state index in [1.165, 1.54) is 30.3 Å². The summed E-state index contributed by atoms with van der Waals surface area (Å²) in [5, 5.41) is 21.7. The molecule has 0 aromatic heterocycles. The van der Waals surface area contributed by atoms with E-state index in [1.54, 1.807) is 17.0 Å². The van der Waals surface area contributed by atoms with Gasteiger partial charge in [0.25, 0.3) is 5.91 Å². The van der Waals surface area contributed by atoms with E-state index in [0.29, 0.717) is 31.7 Å². The molecule has 0 bridgehead atoms. The van der Waals surface area contributed by atoms with Crippen molar-refractivity contribution < 1.29 is 23.8 Å². The minimum absolute atomic E-state index is 0.00820. The van der Waals surface area contributed by atoms with Crippen LogP contribution in [-0.4, -0.2) is 47.1 Å². The van der Waals surface area contributed by atoms with Gasteiger partial charge in [0.2, 0.25) is 5.91 Å². The number of phenolic OH excluding ortho intramolecular Hbond substituents is 1. The number of carbonyl (C=O) groups excluding carboxylic acids is 2. The number of nitrogens with zero attached hydrogens (tertiary/aromatic N) is 2. The predicted octanol–water partition coefficient (Wildman–Crippen LogP) is 3.23. The molecule has 2 aromatic rings. The van der Waals surface area contributed by atoms with Gasteiger partial charge in [-0.05, 0) is 48.4 Å². The minimum Gasteiger partial charge on any atom is -0.507 e. The molecule has 2 amide bonds.